The summed E-state index contributed by atoms with van der Waals surface area (Å²) in [4.78, 5) is 0. The highest BCUT2D eigenvalue weighted by Crippen LogP contribution is 2.38. The van der Waals surface area contributed by atoms with E-state index in [1.54, 1.807) is 13.2 Å². The van der Waals surface area contributed by atoms with Crippen molar-refractivity contribution in [1.82, 2.24) is 0 Å². The minimum absolute atomic E-state index is 0.0771. The molecule has 1 aromatic rings. The number of phenolic OH excluding ortho intramolecular Hbond substituents is 1. The maximum atomic E-state index is 9.46. The van der Waals surface area contributed by atoms with Crippen molar-refractivity contribution in [3.05, 3.63) is 23.8 Å². The first-order chi connectivity index (χ1) is 7.22. The van der Waals surface area contributed by atoms with Crippen molar-refractivity contribution in [3.63, 3.8) is 0 Å². The van der Waals surface area contributed by atoms with Gasteiger partial charge in [-0.3, -0.25) is 0 Å². The molecule has 0 spiro atoms. The lowest BCUT2D eigenvalue weighted by atomic mass is 9.77. The summed E-state index contributed by atoms with van der Waals surface area (Å²) in [5.41, 5.74) is 7.19. The third-order valence-corrected chi connectivity index (χ3v) is 3.25. The molecule has 3 N–H and O–H groups in total. The molecular weight excluding hydrogens is 190 g/mol. The van der Waals surface area contributed by atoms with Gasteiger partial charge < -0.3 is 15.6 Å². The van der Waals surface area contributed by atoms with E-state index in [9.17, 15) is 5.11 Å². The van der Waals surface area contributed by atoms with Crippen molar-refractivity contribution in [3.8, 4) is 11.5 Å². The van der Waals surface area contributed by atoms with E-state index in [0.29, 0.717) is 11.7 Å². The SMILES string of the molecule is COc1cc([C@@H](N)C2CCC2)ccc1O. The van der Waals surface area contributed by atoms with E-state index in [-0.39, 0.29) is 11.8 Å². The highest BCUT2D eigenvalue weighted by Gasteiger charge is 2.25. The minimum Gasteiger partial charge on any atom is -0.504 e. The predicted octanol–water partition coefficient (Wildman–Crippen LogP) is 2.20. The van der Waals surface area contributed by atoms with Crippen LogP contribution in [0.4, 0.5) is 0 Å². The zero-order valence-electron chi connectivity index (χ0n) is 8.94. The van der Waals surface area contributed by atoms with Gasteiger partial charge in [-0.05, 0) is 36.5 Å². The van der Waals surface area contributed by atoms with Crippen molar-refractivity contribution in [2.75, 3.05) is 7.11 Å². The molecule has 3 heteroatoms. The lowest BCUT2D eigenvalue weighted by molar-refractivity contribution is 0.263. The number of benzene rings is 1. The Morgan fingerprint density at radius 1 is 1.47 bits per heavy atom. The molecule has 1 aliphatic carbocycles. The summed E-state index contributed by atoms with van der Waals surface area (Å²) in [6, 6.07) is 5.43. The lowest BCUT2D eigenvalue weighted by Crippen LogP contribution is -2.26. The van der Waals surface area contributed by atoms with E-state index in [1.165, 1.54) is 19.3 Å². The van der Waals surface area contributed by atoms with Crippen LogP contribution in [0.1, 0.15) is 30.9 Å². The Balaban J connectivity index is 2.20. The largest absolute Gasteiger partial charge is 0.504 e. The standard InChI is InChI=1S/C12H17NO2/c1-15-11-7-9(5-6-10(11)14)12(13)8-3-2-4-8/h5-8,12,14H,2-4,13H2,1H3/t12-/m0/s1. The summed E-state index contributed by atoms with van der Waals surface area (Å²) < 4.78 is 5.06. The van der Waals surface area contributed by atoms with Gasteiger partial charge in [0, 0.05) is 6.04 Å². The molecular formula is C12H17NO2. The lowest BCUT2D eigenvalue weighted by Gasteiger charge is -2.31. The van der Waals surface area contributed by atoms with E-state index in [0.717, 1.165) is 5.56 Å². The molecule has 0 radical (unpaired) electrons. The normalized spacial score (nSPS) is 18.3. The Bertz CT molecular complexity index is 347. The van der Waals surface area contributed by atoms with Gasteiger partial charge in [-0.25, -0.2) is 0 Å². The summed E-state index contributed by atoms with van der Waals surface area (Å²) in [7, 11) is 1.55. The van der Waals surface area contributed by atoms with Crippen LogP contribution in [-0.4, -0.2) is 12.2 Å². The Hall–Kier alpha value is -1.22. The second-order valence-corrected chi connectivity index (χ2v) is 4.15. The van der Waals surface area contributed by atoms with Gasteiger partial charge in [0.25, 0.3) is 0 Å². The summed E-state index contributed by atoms with van der Waals surface area (Å²) in [6.07, 6.45) is 3.71. The topological polar surface area (TPSA) is 55.5 Å². The molecule has 2 rings (SSSR count). The quantitative estimate of drug-likeness (QED) is 0.798. The van der Waals surface area contributed by atoms with Crippen LogP contribution < -0.4 is 10.5 Å². The molecule has 1 fully saturated rings. The highest BCUT2D eigenvalue weighted by molar-refractivity contribution is 5.42. The fraction of sp³-hybridized carbons (Fsp3) is 0.500. The van der Waals surface area contributed by atoms with Crippen LogP contribution in [0.2, 0.25) is 0 Å². The Morgan fingerprint density at radius 2 is 2.20 bits per heavy atom. The molecule has 0 saturated heterocycles. The molecule has 1 aliphatic rings. The molecule has 0 aliphatic heterocycles. The second-order valence-electron chi connectivity index (χ2n) is 4.15. The van der Waals surface area contributed by atoms with Crippen molar-refractivity contribution in [2.24, 2.45) is 11.7 Å². The smallest absolute Gasteiger partial charge is 0.160 e. The van der Waals surface area contributed by atoms with E-state index >= 15 is 0 Å². The Kier molecular flexibility index (Phi) is 2.82. The number of phenols is 1. The monoisotopic (exact) mass is 207 g/mol. The number of ether oxygens (including phenoxy) is 1. The van der Waals surface area contributed by atoms with Crippen molar-refractivity contribution in [1.29, 1.82) is 0 Å². The molecule has 0 heterocycles. The first kappa shape index (κ1) is 10.3. The third-order valence-electron chi connectivity index (χ3n) is 3.25. The van der Waals surface area contributed by atoms with Gasteiger partial charge in [0.1, 0.15) is 0 Å². The average molecular weight is 207 g/mol. The van der Waals surface area contributed by atoms with Gasteiger partial charge in [-0.2, -0.15) is 0 Å². The van der Waals surface area contributed by atoms with Gasteiger partial charge >= 0.3 is 0 Å². The molecule has 1 atom stereocenters. The minimum atomic E-state index is 0.0771. The van der Waals surface area contributed by atoms with E-state index in [1.807, 2.05) is 12.1 Å². The van der Waals surface area contributed by atoms with E-state index in [4.69, 9.17) is 10.5 Å². The van der Waals surface area contributed by atoms with Crippen LogP contribution >= 0.6 is 0 Å². The molecule has 0 unspecified atom stereocenters. The zero-order chi connectivity index (χ0) is 10.8. The predicted molar refractivity (Wildman–Crippen MR) is 58.9 cm³/mol. The molecule has 0 bridgehead atoms. The Morgan fingerprint density at radius 3 is 2.73 bits per heavy atom. The second kappa shape index (κ2) is 4.11. The first-order valence-electron chi connectivity index (χ1n) is 5.35. The summed E-state index contributed by atoms with van der Waals surface area (Å²) in [5, 5.41) is 9.46. The number of hydrogen-bond acceptors (Lipinski definition) is 3. The van der Waals surface area contributed by atoms with Gasteiger partial charge in [-0.1, -0.05) is 12.5 Å². The van der Waals surface area contributed by atoms with Crippen molar-refractivity contribution < 1.29 is 9.84 Å². The van der Waals surface area contributed by atoms with Crippen LogP contribution in [0.3, 0.4) is 0 Å². The van der Waals surface area contributed by atoms with Crippen LogP contribution in [0.5, 0.6) is 11.5 Å². The maximum Gasteiger partial charge on any atom is 0.160 e. The summed E-state index contributed by atoms with van der Waals surface area (Å²) >= 11 is 0. The summed E-state index contributed by atoms with van der Waals surface area (Å²) in [6.45, 7) is 0. The van der Waals surface area contributed by atoms with Gasteiger partial charge in [-0.15, -0.1) is 0 Å². The van der Waals surface area contributed by atoms with Crippen LogP contribution in [0.15, 0.2) is 18.2 Å². The Labute approximate surface area is 89.9 Å². The van der Waals surface area contributed by atoms with Gasteiger partial charge in [0.15, 0.2) is 11.5 Å². The number of methoxy groups -OCH3 is 1. The first-order valence-corrected chi connectivity index (χ1v) is 5.35. The van der Waals surface area contributed by atoms with Crippen LogP contribution in [0.25, 0.3) is 0 Å². The van der Waals surface area contributed by atoms with Crippen LogP contribution in [-0.2, 0) is 0 Å². The molecule has 15 heavy (non-hydrogen) atoms. The molecule has 1 aromatic carbocycles. The molecule has 0 amide bonds. The fourth-order valence-corrected chi connectivity index (χ4v) is 1.97. The van der Waals surface area contributed by atoms with E-state index < -0.39 is 0 Å². The highest BCUT2D eigenvalue weighted by atomic mass is 16.5. The molecule has 82 valence electrons. The van der Waals surface area contributed by atoms with Crippen molar-refractivity contribution >= 4 is 0 Å². The third kappa shape index (κ3) is 1.92. The number of hydrogen-bond donors (Lipinski definition) is 2. The zero-order valence-corrected chi connectivity index (χ0v) is 8.94. The average Bonchev–Trinajstić information content (AvgIpc) is 2.15. The molecule has 1 saturated carbocycles. The number of rotatable bonds is 3. The summed E-state index contributed by atoms with van der Waals surface area (Å²) in [5.74, 6) is 1.27. The number of aromatic hydroxyl groups is 1. The maximum absolute atomic E-state index is 9.46. The van der Waals surface area contributed by atoms with Crippen molar-refractivity contribution in [2.45, 2.75) is 25.3 Å². The van der Waals surface area contributed by atoms with Gasteiger partial charge in [0.05, 0.1) is 7.11 Å². The molecule has 0 aromatic heterocycles. The molecule has 3 nitrogen and oxygen atoms in total. The fourth-order valence-electron chi connectivity index (χ4n) is 1.97. The van der Waals surface area contributed by atoms with Crippen LogP contribution in [0, 0.1) is 5.92 Å². The van der Waals surface area contributed by atoms with Gasteiger partial charge in [0.2, 0.25) is 0 Å². The van der Waals surface area contributed by atoms with E-state index in [2.05, 4.69) is 0 Å². The number of nitrogens with two attached hydrogens (primary N) is 1.